The third-order valence-corrected chi connectivity index (χ3v) is 1.70. The second-order valence-corrected chi connectivity index (χ2v) is 2.32. The van der Waals surface area contributed by atoms with E-state index in [1.807, 2.05) is 0 Å². The van der Waals surface area contributed by atoms with Crippen LogP contribution in [0.5, 0.6) is 0 Å². The van der Waals surface area contributed by atoms with Crippen molar-refractivity contribution in [3.05, 3.63) is 0 Å². The topological polar surface area (TPSA) is 37.3 Å². The first kappa shape index (κ1) is 9.16. The number of rotatable bonds is 1. The fourth-order valence-corrected chi connectivity index (χ4v) is 1.17. The minimum Gasteiger partial charge on any atom is -0.481 e. The van der Waals surface area contributed by atoms with Crippen molar-refractivity contribution in [2.75, 3.05) is 0 Å². The van der Waals surface area contributed by atoms with Crippen LogP contribution in [0.4, 0.5) is 0 Å². The van der Waals surface area contributed by atoms with Crippen LogP contribution < -0.4 is 0 Å². The summed E-state index contributed by atoms with van der Waals surface area (Å²) in [6, 6.07) is 0. The van der Waals surface area contributed by atoms with Crippen LogP contribution in [0.3, 0.4) is 0 Å². The molecule has 1 aliphatic rings. The number of carbonyl (C=O) groups is 1. The minimum absolute atomic E-state index is 0. The summed E-state index contributed by atoms with van der Waals surface area (Å²) >= 11 is 0. The van der Waals surface area contributed by atoms with Crippen molar-refractivity contribution in [3.8, 4) is 0 Å². The molecular weight excluding hydrogens is 200 g/mol. The summed E-state index contributed by atoms with van der Waals surface area (Å²) < 4.78 is 0. The summed E-state index contributed by atoms with van der Waals surface area (Å²) in [5.41, 5.74) is 0. The maximum Gasteiger partial charge on any atom is 0.306 e. The quantitative estimate of drug-likeness (QED) is 0.661. The van der Waals surface area contributed by atoms with Gasteiger partial charge in [0.25, 0.3) is 0 Å². The van der Waals surface area contributed by atoms with Crippen molar-refractivity contribution in [2.45, 2.75) is 25.7 Å². The monoisotopic (exact) mass is 212 g/mol. The van der Waals surface area contributed by atoms with Gasteiger partial charge in [0, 0.05) is 21.1 Å². The van der Waals surface area contributed by atoms with E-state index in [1.165, 1.54) is 0 Å². The molecular formula is C6H10MoO2. The van der Waals surface area contributed by atoms with Gasteiger partial charge in [0.1, 0.15) is 0 Å². The number of carboxylic acid groups (broad SMARTS) is 1. The van der Waals surface area contributed by atoms with Crippen LogP contribution in [0.2, 0.25) is 0 Å². The molecule has 0 unspecified atom stereocenters. The van der Waals surface area contributed by atoms with Gasteiger partial charge in [0.15, 0.2) is 0 Å². The maximum atomic E-state index is 10.2. The Morgan fingerprint density at radius 1 is 1.33 bits per heavy atom. The van der Waals surface area contributed by atoms with Crippen LogP contribution in [0.15, 0.2) is 0 Å². The van der Waals surface area contributed by atoms with E-state index in [-0.39, 0.29) is 27.0 Å². The Bertz CT molecular complexity index is 97.2. The molecule has 0 heterocycles. The summed E-state index contributed by atoms with van der Waals surface area (Å²) in [5.74, 6) is -0.627. The molecule has 0 aliphatic heterocycles. The first-order valence-corrected chi connectivity index (χ1v) is 3.03. The van der Waals surface area contributed by atoms with Crippen LogP contribution in [0.25, 0.3) is 0 Å². The predicted molar refractivity (Wildman–Crippen MR) is 29.6 cm³/mol. The zero-order valence-corrected chi connectivity index (χ0v) is 7.18. The standard InChI is InChI=1S/C6H10O2.Mo/c7-6(8)5-3-1-2-4-5;/h5H,1-4H2,(H,7,8);. The molecule has 0 atom stereocenters. The smallest absolute Gasteiger partial charge is 0.306 e. The van der Waals surface area contributed by atoms with Gasteiger partial charge in [-0.1, -0.05) is 12.8 Å². The third-order valence-electron chi connectivity index (χ3n) is 1.70. The van der Waals surface area contributed by atoms with Gasteiger partial charge < -0.3 is 5.11 Å². The first-order valence-electron chi connectivity index (χ1n) is 3.03. The average molecular weight is 210 g/mol. The van der Waals surface area contributed by atoms with E-state index in [9.17, 15) is 4.79 Å². The molecule has 0 spiro atoms. The number of carboxylic acids is 1. The fraction of sp³-hybridized carbons (Fsp3) is 0.833. The zero-order valence-electron chi connectivity index (χ0n) is 5.17. The van der Waals surface area contributed by atoms with E-state index < -0.39 is 5.97 Å². The van der Waals surface area contributed by atoms with Crippen molar-refractivity contribution in [2.24, 2.45) is 5.92 Å². The van der Waals surface area contributed by atoms with E-state index >= 15 is 0 Å². The van der Waals surface area contributed by atoms with Gasteiger partial charge in [0.05, 0.1) is 5.92 Å². The van der Waals surface area contributed by atoms with Crippen LogP contribution in [0.1, 0.15) is 25.7 Å². The van der Waals surface area contributed by atoms with E-state index in [2.05, 4.69) is 0 Å². The van der Waals surface area contributed by atoms with Gasteiger partial charge in [-0.15, -0.1) is 0 Å². The Morgan fingerprint density at radius 3 is 2.00 bits per heavy atom. The molecule has 0 aromatic rings. The molecule has 0 aromatic carbocycles. The maximum absolute atomic E-state index is 10.2. The summed E-state index contributed by atoms with van der Waals surface area (Å²) in [4.78, 5) is 10.2. The van der Waals surface area contributed by atoms with Gasteiger partial charge in [-0.2, -0.15) is 0 Å². The predicted octanol–water partition coefficient (Wildman–Crippen LogP) is 1.26. The number of hydrogen-bond acceptors (Lipinski definition) is 1. The summed E-state index contributed by atoms with van der Waals surface area (Å²) in [7, 11) is 0. The molecule has 0 radical (unpaired) electrons. The van der Waals surface area contributed by atoms with E-state index in [1.54, 1.807) is 0 Å². The van der Waals surface area contributed by atoms with Gasteiger partial charge in [-0.05, 0) is 12.8 Å². The summed E-state index contributed by atoms with van der Waals surface area (Å²) in [5, 5.41) is 8.41. The minimum atomic E-state index is -0.609. The molecule has 9 heavy (non-hydrogen) atoms. The van der Waals surface area contributed by atoms with Crippen LogP contribution in [-0.4, -0.2) is 11.1 Å². The molecule has 1 fully saturated rings. The Labute approximate surface area is 68.9 Å². The SMILES string of the molecule is O=C(O)C1CCCC1.[Mo]. The van der Waals surface area contributed by atoms with E-state index in [0.717, 1.165) is 25.7 Å². The Morgan fingerprint density at radius 2 is 1.78 bits per heavy atom. The van der Waals surface area contributed by atoms with Gasteiger partial charge in [-0.25, -0.2) is 0 Å². The van der Waals surface area contributed by atoms with Crippen molar-refractivity contribution >= 4 is 5.97 Å². The largest absolute Gasteiger partial charge is 0.481 e. The van der Waals surface area contributed by atoms with Crippen molar-refractivity contribution in [1.29, 1.82) is 0 Å². The van der Waals surface area contributed by atoms with Gasteiger partial charge in [-0.3, -0.25) is 4.79 Å². The average Bonchev–Trinajstić information content (AvgIpc) is 2.12. The molecule has 52 valence electrons. The first-order chi connectivity index (χ1) is 3.80. The normalized spacial score (nSPS) is 19.1. The molecule has 3 heteroatoms. The Balaban J connectivity index is 0.000000640. The van der Waals surface area contributed by atoms with Gasteiger partial charge in [0.2, 0.25) is 0 Å². The van der Waals surface area contributed by atoms with E-state index in [0.29, 0.717) is 0 Å². The molecule has 1 saturated carbocycles. The van der Waals surface area contributed by atoms with Crippen LogP contribution in [-0.2, 0) is 25.9 Å². The molecule has 0 amide bonds. The number of aliphatic carboxylic acids is 1. The molecule has 0 aromatic heterocycles. The molecule has 0 bridgehead atoms. The second kappa shape index (κ2) is 4.05. The number of hydrogen-bond donors (Lipinski definition) is 1. The molecule has 1 N–H and O–H groups in total. The third kappa shape index (κ3) is 2.49. The van der Waals surface area contributed by atoms with Crippen LogP contribution in [0, 0.1) is 5.92 Å². The molecule has 1 aliphatic carbocycles. The fourth-order valence-electron chi connectivity index (χ4n) is 1.17. The zero-order chi connectivity index (χ0) is 5.98. The molecule has 2 nitrogen and oxygen atoms in total. The summed E-state index contributed by atoms with van der Waals surface area (Å²) in [6.07, 6.45) is 4.01. The van der Waals surface area contributed by atoms with Gasteiger partial charge >= 0.3 is 5.97 Å². The van der Waals surface area contributed by atoms with Crippen LogP contribution >= 0.6 is 0 Å². The van der Waals surface area contributed by atoms with Crippen molar-refractivity contribution < 1.29 is 31.0 Å². The molecule has 0 saturated heterocycles. The Kier molecular flexibility index (Phi) is 4.12. The summed E-state index contributed by atoms with van der Waals surface area (Å²) in [6.45, 7) is 0. The second-order valence-electron chi connectivity index (χ2n) is 2.32. The Hall–Kier alpha value is 0.158. The van der Waals surface area contributed by atoms with Crippen molar-refractivity contribution in [3.63, 3.8) is 0 Å². The van der Waals surface area contributed by atoms with E-state index in [4.69, 9.17) is 5.11 Å². The molecule has 1 rings (SSSR count). The van der Waals surface area contributed by atoms with Crippen molar-refractivity contribution in [1.82, 2.24) is 0 Å².